The summed E-state index contributed by atoms with van der Waals surface area (Å²) in [4.78, 5) is 17.5. The summed E-state index contributed by atoms with van der Waals surface area (Å²) in [6.07, 6.45) is 3.57. The van der Waals surface area contributed by atoms with Crippen LogP contribution in [0.3, 0.4) is 0 Å². The lowest BCUT2D eigenvalue weighted by molar-refractivity contribution is 0.0920. The highest BCUT2D eigenvalue weighted by molar-refractivity contribution is 6.03. The third kappa shape index (κ3) is 6.58. The maximum absolute atomic E-state index is 13.3. The SMILES string of the molecule is CCNC(=O)c1onc(-c2cc(C(C)C)c(OCc3ccccc3)cc2OCc2ccccc2)c1-c1ccc2cnccc2c1. The summed E-state index contributed by atoms with van der Waals surface area (Å²) in [6.45, 7) is 7.33. The fourth-order valence-corrected chi connectivity index (χ4v) is 5.31. The second kappa shape index (κ2) is 13.5. The van der Waals surface area contributed by atoms with Crippen LogP contribution in [0.25, 0.3) is 33.2 Å². The van der Waals surface area contributed by atoms with Crippen molar-refractivity contribution in [3.05, 3.63) is 132 Å². The van der Waals surface area contributed by atoms with Crippen molar-refractivity contribution < 1.29 is 18.8 Å². The predicted molar refractivity (Wildman–Crippen MR) is 176 cm³/mol. The van der Waals surface area contributed by atoms with E-state index in [1.165, 1.54) is 0 Å². The Kier molecular flexibility index (Phi) is 8.87. The van der Waals surface area contributed by atoms with Crippen molar-refractivity contribution in [1.82, 2.24) is 15.5 Å². The second-order valence-electron chi connectivity index (χ2n) is 11.1. The van der Waals surface area contributed by atoms with Crippen molar-refractivity contribution in [2.24, 2.45) is 0 Å². The molecule has 7 heteroatoms. The molecule has 2 heterocycles. The van der Waals surface area contributed by atoms with E-state index < -0.39 is 0 Å². The lowest BCUT2D eigenvalue weighted by Crippen LogP contribution is -2.22. The Morgan fingerprint density at radius 3 is 2.18 bits per heavy atom. The van der Waals surface area contributed by atoms with Crippen molar-refractivity contribution in [2.45, 2.75) is 39.9 Å². The number of aromatic nitrogens is 2. The Hall–Kier alpha value is -5.43. The summed E-state index contributed by atoms with van der Waals surface area (Å²) in [7, 11) is 0. The van der Waals surface area contributed by atoms with Gasteiger partial charge in [-0.05, 0) is 58.7 Å². The van der Waals surface area contributed by atoms with Gasteiger partial charge < -0.3 is 19.3 Å². The van der Waals surface area contributed by atoms with E-state index in [0.717, 1.165) is 38.8 Å². The van der Waals surface area contributed by atoms with Crippen LogP contribution in [0, 0.1) is 0 Å². The highest BCUT2D eigenvalue weighted by atomic mass is 16.5. The first kappa shape index (κ1) is 29.6. The van der Waals surface area contributed by atoms with Crippen LogP contribution in [0.2, 0.25) is 0 Å². The molecule has 0 radical (unpaired) electrons. The molecule has 0 aliphatic rings. The van der Waals surface area contributed by atoms with Crippen LogP contribution >= 0.6 is 0 Å². The average Bonchev–Trinajstić information content (AvgIpc) is 3.52. The molecule has 0 fully saturated rings. The minimum atomic E-state index is -0.334. The zero-order chi connectivity index (χ0) is 31.2. The standard InChI is InChI=1S/C38H35N3O4/c1-4-40-38(42)37-35(29-15-16-30-22-39-18-17-28(30)19-29)36(41-45-37)32-20-31(25(2)3)33(43-23-26-11-7-5-8-12-26)21-34(32)44-24-27-13-9-6-10-14-27/h5-22,25H,4,23-24H2,1-3H3,(H,40,42). The summed E-state index contributed by atoms with van der Waals surface area (Å²) < 4.78 is 18.7. The van der Waals surface area contributed by atoms with Gasteiger partial charge in [0.15, 0.2) is 0 Å². The number of hydrogen-bond donors (Lipinski definition) is 1. The number of carbonyl (C=O) groups is 1. The van der Waals surface area contributed by atoms with Gasteiger partial charge in [-0.2, -0.15) is 0 Å². The van der Waals surface area contributed by atoms with Crippen molar-refractivity contribution in [2.75, 3.05) is 6.54 Å². The monoisotopic (exact) mass is 597 g/mol. The molecule has 0 aliphatic carbocycles. The van der Waals surface area contributed by atoms with Gasteiger partial charge in [-0.3, -0.25) is 9.78 Å². The lowest BCUT2D eigenvalue weighted by Gasteiger charge is -2.19. The predicted octanol–water partition coefficient (Wildman–Crippen LogP) is 8.59. The molecule has 45 heavy (non-hydrogen) atoms. The molecule has 1 amide bonds. The molecule has 0 aliphatic heterocycles. The van der Waals surface area contributed by atoms with Crippen LogP contribution in [-0.2, 0) is 13.2 Å². The van der Waals surface area contributed by atoms with Crippen molar-refractivity contribution >= 4 is 16.7 Å². The largest absolute Gasteiger partial charge is 0.488 e. The van der Waals surface area contributed by atoms with Gasteiger partial charge in [0.2, 0.25) is 5.76 Å². The highest BCUT2D eigenvalue weighted by Crippen LogP contribution is 2.44. The molecule has 2 aromatic heterocycles. The maximum atomic E-state index is 13.3. The number of nitrogens with one attached hydrogen (secondary N) is 1. The Morgan fingerprint density at radius 2 is 1.51 bits per heavy atom. The summed E-state index contributed by atoms with van der Waals surface area (Å²) >= 11 is 0. The molecule has 7 nitrogen and oxygen atoms in total. The maximum Gasteiger partial charge on any atom is 0.290 e. The van der Waals surface area contributed by atoms with E-state index in [1.807, 2.05) is 104 Å². The van der Waals surface area contributed by atoms with Gasteiger partial charge in [0.05, 0.1) is 5.56 Å². The van der Waals surface area contributed by atoms with Gasteiger partial charge >= 0.3 is 0 Å². The van der Waals surface area contributed by atoms with E-state index in [2.05, 4.69) is 35.4 Å². The summed E-state index contributed by atoms with van der Waals surface area (Å²) in [5.41, 5.74) is 5.71. The smallest absolute Gasteiger partial charge is 0.290 e. The van der Waals surface area contributed by atoms with Crippen molar-refractivity contribution in [1.29, 1.82) is 0 Å². The van der Waals surface area contributed by atoms with Gasteiger partial charge in [-0.15, -0.1) is 0 Å². The lowest BCUT2D eigenvalue weighted by atomic mass is 9.93. The van der Waals surface area contributed by atoms with E-state index in [4.69, 9.17) is 14.0 Å². The summed E-state index contributed by atoms with van der Waals surface area (Å²) in [6, 6.07) is 32.0. The van der Waals surface area contributed by atoms with E-state index >= 15 is 0 Å². The topological polar surface area (TPSA) is 86.5 Å². The minimum Gasteiger partial charge on any atom is -0.488 e. The van der Waals surface area contributed by atoms with Gasteiger partial charge in [0, 0.05) is 36.0 Å². The summed E-state index contributed by atoms with van der Waals surface area (Å²) in [5, 5.41) is 9.37. The molecule has 0 unspecified atom stereocenters. The van der Waals surface area contributed by atoms with Crippen molar-refractivity contribution in [3.63, 3.8) is 0 Å². The van der Waals surface area contributed by atoms with E-state index in [1.54, 1.807) is 6.20 Å². The van der Waals surface area contributed by atoms with Crippen LogP contribution in [0.4, 0.5) is 0 Å². The fraction of sp³-hybridized carbons (Fsp3) is 0.184. The molecule has 4 aromatic carbocycles. The number of pyridine rings is 1. The summed E-state index contributed by atoms with van der Waals surface area (Å²) in [5.74, 6) is 1.25. The first-order valence-corrected chi connectivity index (χ1v) is 15.2. The quantitative estimate of drug-likeness (QED) is 0.161. The van der Waals surface area contributed by atoms with Gasteiger partial charge in [-0.25, -0.2) is 0 Å². The van der Waals surface area contributed by atoms with Gasteiger partial charge in [0.1, 0.15) is 30.4 Å². The van der Waals surface area contributed by atoms with Gasteiger partial charge in [0.25, 0.3) is 5.91 Å². The molecule has 6 aromatic rings. The Morgan fingerprint density at radius 1 is 0.822 bits per heavy atom. The zero-order valence-corrected chi connectivity index (χ0v) is 25.6. The first-order chi connectivity index (χ1) is 22.0. The molecule has 0 bridgehead atoms. The van der Waals surface area contributed by atoms with Crippen LogP contribution in [0.1, 0.15) is 53.9 Å². The number of fused-ring (bicyclic) bond motifs is 1. The molecule has 0 spiro atoms. The van der Waals surface area contributed by atoms with E-state index in [0.29, 0.717) is 42.3 Å². The normalized spacial score (nSPS) is 11.1. The number of benzene rings is 4. The van der Waals surface area contributed by atoms with Crippen molar-refractivity contribution in [3.8, 4) is 33.9 Å². The molecule has 0 atom stereocenters. The molecule has 226 valence electrons. The molecular weight excluding hydrogens is 562 g/mol. The number of carbonyl (C=O) groups excluding carboxylic acids is 1. The van der Waals surface area contributed by atoms with Crippen LogP contribution in [0.5, 0.6) is 11.5 Å². The van der Waals surface area contributed by atoms with E-state index in [9.17, 15) is 4.79 Å². The zero-order valence-electron chi connectivity index (χ0n) is 25.6. The van der Waals surface area contributed by atoms with E-state index in [-0.39, 0.29) is 17.6 Å². The minimum absolute atomic E-state index is 0.129. The Bertz CT molecular complexity index is 1920. The number of hydrogen-bond acceptors (Lipinski definition) is 6. The molecule has 6 rings (SSSR count). The number of rotatable bonds is 11. The Balaban J connectivity index is 1.51. The number of nitrogens with zero attached hydrogens (tertiary/aromatic N) is 2. The number of ether oxygens (including phenoxy) is 2. The highest BCUT2D eigenvalue weighted by Gasteiger charge is 2.28. The van der Waals surface area contributed by atoms with Crippen LogP contribution in [0.15, 0.2) is 114 Å². The second-order valence-corrected chi connectivity index (χ2v) is 11.1. The average molecular weight is 598 g/mol. The molecule has 1 N–H and O–H groups in total. The third-order valence-corrected chi connectivity index (χ3v) is 7.63. The molecular formula is C38H35N3O4. The Labute approximate surface area is 262 Å². The molecule has 0 saturated carbocycles. The first-order valence-electron chi connectivity index (χ1n) is 15.2. The third-order valence-electron chi connectivity index (χ3n) is 7.63. The van der Waals surface area contributed by atoms with Crippen LogP contribution in [-0.4, -0.2) is 22.6 Å². The fourth-order valence-electron chi connectivity index (χ4n) is 5.31. The molecule has 0 saturated heterocycles. The van der Waals surface area contributed by atoms with Crippen LogP contribution < -0.4 is 14.8 Å². The van der Waals surface area contributed by atoms with Gasteiger partial charge in [-0.1, -0.05) is 91.8 Å². The number of amides is 1.